The fraction of sp³-hybridized carbons (Fsp3) is 0.0625. The van der Waals surface area contributed by atoms with E-state index >= 15 is 0 Å². The maximum Gasteiger partial charge on any atom is 0.356 e. The van der Waals surface area contributed by atoms with Gasteiger partial charge in [-0.3, -0.25) is 14.9 Å². The first-order valence-corrected chi connectivity index (χ1v) is 13.9. The molecule has 0 saturated carbocycles. The summed E-state index contributed by atoms with van der Waals surface area (Å²) < 4.78 is 6.67. The minimum Gasteiger partial charge on any atom is -0.451 e. The molecule has 0 atom stereocenters. The van der Waals surface area contributed by atoms with Gasteiger partial charge in [0, 0.05) is 34.0 Å². The number of carbonyl (C=O) groups is 2. The number of rotatable bonds is 6. The first-order chi connectivity index (χ1) is 19.9. The van der Waals surface area contributed by atoms with Gasteiger partial charge in [-0.05, 0) is 46.0 Å². The summed E-state index contributed by atoms with van der Waals surface area (Å²) in [6.07, 6.45) is 0. The Morgan fingerprint density at radius 3 is 2.37 bits per heavy atom. The molecular formula is C32H22ClN3O4S. The lowest BCUT2D eigenvalue weighted by atomic mass is 9.97. The smallest absolute Gasteiger partial charge is 0.356 e. The zero-order valence-electron chi connectivity index (χ0n) is 21.8. The van der Waals surface area contributed by atoms with Crippen LogP contribution in [0, 0.1) is 0 Å². The Bertz CT molecular complexity index is 2010. The quantitative estimate of drug-likeness (QED) is 0.216. The second-order valence-electron chi connectivity index (χ2n) is 9.36. The average Bonchev–Trinajstić information content (AvgIpc) is 3.46. The Kier molecular flexibility index (Phi) is 7.09. The molecule has 0 radical (unpaired) electrons. The van der Waals surface area contributed by atoms with Crippen molar-refractivity contribution in [1.82, 2.24) is 9.55 Å². The monoisotopic (exact) mass is 579 g/mol. The molecule has 0 aliphatic rings. The minimum atomic E-state index is -0.800. The Hall–Kier alpha value is -4.79. The summed E-state index contributed by atoms with van der Waals surface area (Å²) in [5, 5.41) is 8.75. The molecule has 0 unspecified atom stereocenters. The molecule has 0 fully saturated rings. The molecule has 7 nitrogen and oxygen atoms in total. The van der Waals surface area contributed by atoms with Crippen LogP contribution in [0.5, 0.6) is 0 Å². The highest BCUT2D eigenvalue weighted by Gasteiger charge is 2.24. The Balaban J connectivity index is 1.22. The van der Waals surface area contributed by atoms with E-state index in [1.807, 2.05) is 47.8 Å². The Labute approximate surface area is 243 Å². The molecule has 0 saturated heterocycles. The van der Waals surface area contributed by atoms with E-state index in [0.29, 0.717) is 32.1 Å². The van der Waals surface area contributed by atoms with Gasteiger partial charge < -0.3 is 9.30 Å². The fourth-order valence-corrected chi connectivity index (χ4v) is 5.64. The van der Waals surface area contributed by atoms with Crippen LogP contribution in [0.1, 0.15) is 10.5 Å². The van der Waals surface area contributed by atoms with Crippen LogP contribution in [0.25, 0.3) is 43.9 Å². The first kappa shape index (κ1) is 26.4. The highest BCUT2D eigenvalue weighted by molar-refractivity contribution is 7.14. The molecule has 0 aliphatic heterocycles. The van der Waals surface area contributed by atoms with Crippen LogP contribution in [0.3, 0.4) is 0 Å². The van der Waals surface area contributed by atoms with Crippen molar-refractivity contribution in [3.8, 4) is 22.4 Å². The lowest BCUT2D eigenvalue weighted by Gasteiger charge is -2.16. The number of esters is 1. The number of amides is 1. The molecule has 41 heavy (non-hydrogen) atoms. The average molecular weight is 580 g/mol. The van der Waals surface area contributed by atoms with E-state index < -0.39 is 18.5 Å². The van der Waals surface area contributed by atoms with Crippen LogP contribution in [0.2, 0.25) is 5.02 Å². The lowest BCUT2D eigenvalue weighted by molar-refractivity contribution is -0.119. The van der Waals surface area contributed by atoms with Crippen LogP contribution in [0.4, 0.5) is 5.13 Å². The molecule has 1 N–H and O–H groups in total. The van der Waals surface area contributed by atoms with Crippen molar-refractivity contribution in [2.75, 3.05) is 11.9 Å². The van der Waals surface area contributed by atoms with Crippen LogP contribution in [0.15, 0.2) is 101 Å². The van der Waals surface area contributed by atoms with Gasteiger partial charge in [0.1, 0.15) is 5.69 Å². The van der Waals surface area contributed by atoms with Gasteiger partial charge in [0.25, 0.3) is 11.5 Å². The molecule has 6 aromatic rings. The zero-order valence-corrected chi connectivity index (χ0v) is 23.3. The number of nitrogens with one attached hydrogen (secondary N) is 1. The molecule has 2 aromatic heterocycles. The van der Waals surface area contributed by atoms with Crippen molar-refractivity contribution < 1.29 is 14.3 Å². The van der Waals surface area contributed by atoms with Crippen molar-refractivity contribution in [3.05, 3.63) is 117 Å². The number of aromatic nitrogens is 2. The van der Waals surface area contributed by atoms with Gasteiger partial charge in [0.05, 0.1) is 5.69 Å². The number of thiazole rings is 1. The van der Waals surface area contributed by atoms with Gasteiger partial charge in [-0.25, -0.2) is 9.78 Å². The molecule has 4 aromatic carbocycles. The molecule has 0 bridgehead atoms. The summed E-state index contributed by atoms with van der Waals surface area (Å²) in [6, 6.07) is 28.1. The number of hydrogen-bond donors (Lipinski definition) is 1. The Morgan fingerprint density at radius 2 is 1.59 bits per heavy atom. The van der Waals surface area contributed by atoms with Crippen LogP contribution < -0.4 is 10.9 Å². The van der Waals surface area contributed by atoms with Crippen molar-refractivity contribution in [2.24, 2.45) is 7.05 Å². The summed E-state index contributed by atoms with van der Waals surface area (Å²) in [7, 11) is 1.51. The van der Waals surface area contributed by atoms with Gasteiger partial charge in [-0.2, -0.15) is 0 Å². The van der Waals surface area contributed by atoms with Crippen LogP contribution in [-0.2, 0) is 16.6 Å². The molecule has 2 heterocycles. The summed E-state index contributed by atoms with van der Waals surface area (Å²) in [4.78, 5) is 43.7. The predicted octanol–water partition coefficient (Wildman–Crippen LogP) is 6.93. The second-order valence-corrected chi connectivity index (χ2v) is 10.7. The lowest BCUT2D eigenvalue weighted by Crippen LogP contribution is -2.28. The number of halogens is 1. The second kappa shape index (κ2) is 11.0. The third-order valence-corrected chi connectivity index (χ3v) is 7.77. The summed E-state index contributed by atoms with van der Waals surface area (Å²) in [5.41, 5.74) is 2.55. The number of pyridine rings is 1. The summed E-state index contributed by atoms with van der Waals surface area (Å²) in [5.74, 6) is -1.34. The van der Waals surface area contributed by atoms with Crippen LogP contribution in [-0.4, -0.2) is 28.0 Å². The zero-order chi connectivity index (χ0) is 28.5. The number of anilines is 1. The molecule has 0 aliphatic carbocycles. The van der Waals surface area contributed by atoms with E-state index in [2.05, 4.69) is 10.3 Å². The third kappa shape index (κ3) is 5.23. The number of hydrogen-bond acceptors (Lipinski definition) is 6. The number of carbonyl (C=O) groups excluding carboxylic acids is 2. The van der Waals surface area contributed by atoms with Crippen molar-refractivity contribution in [3.63, 3.8) is 0 Å². The number of benzene rings is 4. The normalized spacial score (nSPS) is 11.1. The van der Waals surface area contributed by atoms with E-state index in [0.717, 1.165) is 22.0 Å². The molecule has 9 heteroatoms. The SMILES string of the molecule is Cn1c(C(=O)OCC(=O)Nc2nc(-c3ccc4ccccc4c3)cs2)c(-c2ccc(Cl)cc2)c2ccccc2c1=O. The maximum absolute atomic E-state index is 13.4. The van der Waals surface area contributed by atoms with Gasteiger partial charge >= 0.3 is 5.97 Å². The predicted molar refractivity (Wildman–Crippen MR) is 164 cm³/mol. The Morgan fingerprint density at radius 1 is 0.902 bits per heavy atom. The standard InChI is InChI=1S/C32H22ClN3O4S/c1-36-29(28(20-12-14-23(33)15-13-20)24-8-4-5-9-25(24)30(36)38)31(39)40-17-27(37)35-32-34-26(18-41-32)22-11-10-19-6-2-3-7-21(19)16-22/h2-16,18H,17H2,1H3,(H,34,35,37). The minimum absolute atomic E-state index is 0.0386. The topological polar surface area (TPSA) is 90.3 Å². The van der Waals surface area contributed by atoms with Gasteiger partial charge in [-0.15, -0.1) is 11.3 Å². The van der Waals surface area contributed by atoms with Crippen molar-refractivity contribution in [1.29, 1.82) is 0 Å². The molecule has 1 amide bonds. The van der Waals surface area contributed by atoms with E-state index in [1.54, 1.807) is 48.5 Å². The maximum atomic E-state index is 13.4. The van der Waals surface area contributed by atoms with Crippen molar-refractivity contribution >= 4 is 61.5 Å². The fourth-order valence-electron chi connectivity index (χ4n) is 4.78. The van der Waals surface area contributed by atoms with Crippen LogP contribution >= 0.6 is 22.9 Å². The molecule has 6 rings (SSSR count). The first-order valence-electron chi connectivity index (χ1n) is 12.7. The van der Waals surface area contributed by atoms with Gasteiger partial charge in [-0.1, -0.05) is 78.3 Å². The van der Waals surface area contributed by atoms with Crippen molar-refractivity contribution in [2.45, 2.75) is 0 Å². The van der Waals surface area contributed by atoms with Gasteiger partial charge in [0.2, 0.25) is 0 Å². The van der Waals surface area contributed by atoms with E-state index in [1.165, 1.54) is 23.0 Å². The van der Waals surface area contributed by atoms with E-state index in [-0.39, 0.29) is 11.3 Å². The largest absolute Gasteiger partial charge is 0.451 e. The molecular weight excluding hydrogens is 558 g/mol. The summed E-state index contributed by atoms with van der Waals surface area (Å²) >= 11 is 7.37. The summed E-state index contributed by atoms with van der Waals surface area (Å²) in [6.45, 7) is -0.551. The van der Waals surface area contributed by atoms with Gasteiger partial charge in [0.15, 0.2) is 11.7 Å². The highest BCUT2D eigenvalue weighted by atomic mass is 35.5. The third-order valence-electron chi connectivity index (χ3n) is 6.76. The van der Waals surface area contributed by atoms with E-state index in [4.69, 9.17) is 16.3 Å². The molecule has 202 valence electrons. The number of fused-ring (bicyclic) bond motifs is 2. The highest BCUT2D eigenvalue weighted by Crippen LogP contribution is 2.32. The number of nitrogens with zero attached hydrogens (tertiary/aromatic N) is 2. The number of ether oxygens (including phenoxy) is 1. The van der Waals surface area contributed by atoms with E-state index in [9.17, 15) is 14.4 Å². The molecule has 0 spiro atoms.